The Labute approximate surface area is 78.8 Å². The van der Waals surface area contributed by atoms with Crippen LogP contribution in [0.5, 0.6) is 0 Å². The van der Waals surface area contributed by atoms with E-state index in [9.17, 15) is 0 Å². The third kappa shape index (κ3) is 4.42. The molecule has 0 aromatic carbocycles. The molecule has 12 heavy (non-hydrogen) atoms. The first-order valence-electron chi connectivity index (χ1n) is 4.14. The Bertz CT molecular complexity index is 191. The number of nitrogens with two attached hydrogens (primary N) is 1. The Hall–Kier alpha value is -0.460. The highest BCUT2D eigenvalue weighted by atomic mass is 32.2. The van der Waals surface area contributed by atoms with Crippen LogP contribution in [0, 0.1) is 11.3 Å². The van der Waals surface area contributed by atoms with Crippen molar-refractivity contribution < 1.29 is 0 Å². The predicted octanol–water partition coefficient (Wildman–Crippen LogP) is 2.28. The topological polar surface area (TPSA) is 49.8 Å². The van der Waals surface area contributed by atoms with Gasteiger partial charge >= 0.3 is 0 Å². The molecule has 0 aliphatic carbocycles. The van der Waals surface area contributed by atoms with Crippen molar-refractivity contribution in [1.29, 1.82) is 5.26 Å². The number of thioether (sulfide) groups is 1. The van der Waals surface area contributed by atoms with Gasteiger partial charge < -0.3 is 5.73 Å². The molecule has 0 heterocycles. The van der Waals surface area contributed by atoms with Gasteiger partial charge in [-0.1, -0.05) is 12.5 Å². The summed E-state index contributed by atoms with van der Waals surface area (Å²) >= 11 is 1.71. The van der Waals surface area contributed by atoms with Crippen LogP contribution < -0.4 is 5.73 Å². The number of nitrogens with zero attached hydrogens (tertiary/aromatic N) is 1. The van der Waals surface area contributed by atoms with Gasteiger partial charge in [-0.2, -0.15) is 5.26 Å². The molecule has 0 unspecified atom stereocenters. The van der Waals surface area contributed by atoms with Crippen molar-refractivity contribution in [1.82, 2.24) is 0 Å². The molecule has 0 bridgehead atoms. The molecule has 0 fully saturated rings. The van der Waals surface area contributed by atoms with Crippen molar-refractivity contribution in [2.24, 2.45) is 5.73 Å². The molecule has 0 saturated heterocycles. The zero-order chi connectivity index (χ0) is 9.40. The van der Waals surface area contributed by atoms with E-state index in [1.165, 1.54) is 10.5 Å². The van der Waals surface area contributed by atoms with Gasteiger partial charge in [0.1, 0.15) is 0 Å². The minimum Gasteiger partial charge on any atom is -0.330 e. The van der Waals surface area contributed by atoms with Crippen LogP contribution in [-0.4, -0.2) is 12.3 Å². The maximum atomic E-state index is 8.55. The van der Waals surface area contributed by atoms with Crippen LogP contribution in [0.3, 0.4) is 0 Å². The first kappa shape index (κ1) is 11.5. The zero-order valence-electron chi connectivity index (χ0n) is 7.76. The minimum absolute atomic E-state index is 0.532. The van der Waals surface area contributed by atoms with Crippen molar-refractivity contribution in [3.63, 3.8) is 0 Å². The standard InChI is InChI=1S/C9H16N2S/c1-3-8(2)9(4-5-10)12-7-6-11/h3-4,6-7,11H2,1-2H3. The van der Waals surface area contributed by atoms with Crippen molar-refractivity contribution in [3.05, 3.63) is 10.5 Å². The molecule has 3 heteroatoms. The summed E-state index contributed by atoms with van der Waals surface area (Å²) in [4.78, 5) is 1.20. The van der Waals surface area contributed by atoms with Crippen LogP contribution in [0.15, 0.2) is 10.5 Å². The molecule has 0 aliphatic heterocycles. The molecule has 0 aromatic heterocycles. The van der Waals surface area contributed by atoms with Gasteiger partial charge in [-0.25, -0.2) is 0 Å². The first-order valence-corrected chi connectivity index (χ1v) is 5.13. The highest BCUT2D eigenvalue weighted by Gasteiger charge is 2.00. The van der Waals surface area contributed by atoms with Crippen LogP contribution in [-0.2, 0) is 0 Å². The smallest absolute Gasteiger partial charge is 0.0675 e. The lowest BCUT2D eigenvalue weighted by atomic mass is 10.2. The van der Waals surface area contributed by atoms with Crippen molar-refractivity contribution in [2.45, 2.75) is 26.7 Å². The van der Waals surface area contributed by atoms with Crippen molar-refractivity contribution in [2.75, 3.05) is 12.3 Å². The molecule has 2 nitrogen and oxygen atoms in total. The van der Waals surface area contributed by atoms with Gasteiger partial charge in [-0.05, 0) is 18.2 Å². The number of nitriles is 1. The van der Waals surface area contributed by atoms with Crippen LogP contribution >= 0.6 is 11.8 Å². The summed E-state index contributed by atoms with van der Waals surface area (Å²) in [5, 5.41) is 8.55. The Morgan fingerprint density at radius 2 is 2.25 bits per heavy atom. The Balaban J connectivity index is 4.13. The van der Waals surface area contributed by atoms with Gasteiger partial charge in [-0.3, -0.25) is 0 Å². The largest absolute Gasteiger partial charge is 0.330 e. The van der Waals surface area contributed by atoms with E-state index in [2.05, 4.69) is 19.9 Å². The lowest BCUT2D eigenvalue weighted by Crippen LogP contribution is -2.01. The SMILES string of the molecule is CCC(C)=C(CC#N)SCCN. The second-order valence-corrected chi connectivity index (χ2v) is 3.72. The van der Waals surface area contributed by atoms with Crippen LogP contribution in [0.4, 0.5) is 0 Å². The van der Waals surface area contributed by atoms with Crippen molar-refractivity contribution >= 4 is 11.8 Å². The number of hydrogen-bond acceptors (Lipinski definition) is 3. The third-order valence-corrected chi connectivity index (χ3v) is 2.92. The maximum absolute atomic E-state index is 8.55. The molecule has 0 aliphatic rings. The Morgan fingerprint density at radius 3 is 2.67 bits per heavy atom. The minimum atomic E-state index is 0.532. The van der Waals surface area contributed by atoms with Crippen LogP contribution in [0.2, 0.25) is 0 Å². The van der Waals surface area contributed by atoms with E-state index in [1.807, 2.05) is 0 Å². The molecule has 0 radical (unpaired) electrons. The zero-order valence-corrected chi connectivity index (χ0v) is 8.58. The Kier molecular flexibility index (Phi) is 6.93. The lowest BCUT2D eigenvalue weighted by Gasteiger charge is -2.05. The van der Waals surface area contributed by atoms with Crippen molar-refractivity contribution in [3.8, 4) is 6.07 Å². The summed E-state index contributed by atoms with van der Waals surface area (Å²) in [6.07, 6.45) is 1.55. The van der Waals surface area contributed by atoms with E-state index < -0.39 is 0 Å². The second kappa shape index (κ2) is 7.20. The van der Waals surface area contributed by atoms with E-state index in [0.717, 1.165) is 12.2 Å². The average Bonchev–Trinajstić information content (AvgIpc) is 2.11. The fourth-order valence-corrected chi connectivity index (χ4v) is 1.70. The number of hydrogen-bond donors (Lipinski definition) is 1. The lowest BCUT2D eigenvalue weighted by molar-refractivity contribution is 1.07. The quantitative estimate of drug-likeness (QED) is 0.713. The second-order valence-electron chi connectivity index (χ2n) is 2.53. The summed E-state index contributed by atoms with van der Waals surface area (Å²) in [5.74, 6) is 0.911. The monoisotopic (exact) mass is 184 g/mol. The van der Waals surface area contributed by atoms with Crippen LogP contribution in [0.25, 0.3) is 0 Å². The number of rotatable bonds is 5. The molecule has 2 N–H and O–H groups in total. The predicted molar refractivity (Wildman–Crippen MR) is 54.7 cm³/mol. The molecule has 0 amide bonds. The van der Waals surface area contributed by atoms with E-state index in [1.54, 1.807) is 11.8 Å². The van der Waals surface area contributed by atoms with E-state index in [0.29, 0.717) is 13.0 Å². The van der Waals surface area contributed by atoms with E-state index in [4.69, 9.17) is 11.0 Å². The molecule has 0 rings (SSSR count). The maximum Gasteiger partial charge on any atom is 0.0675 e. The summed E-state index contributed by atoms with van der Waals surface area (Å²) in [7, 11) is 0. The summed E-state index contributed by atoms with van der Waals surface area (Å²) in [5.41, 5.74) is 6.70. The van der Waals surface area contributed by atoms with E-state index >= 15 is 0 Å². The highest BCUT2D eigenvalue weighted by Crippen LogP contribution is 2.23. The molecule has 0 atom stereocenters. The highest BCUT2D eigenvalue weighted by molar-refractivity contribution is 8.03. The van der Waals surface area contributed by atoms with Gasteiger partial charge in [0, 0.05) is 12.3 Å². The fraction of sp³-hybridized carbons (Fsp3) is 0.667. The summed E-state index contributed by atoms with van der Waals surface area (Å²) < 4.78 is 0. The van der Waals surface area contributed by atoms with Gasteiger partial charge in [-0.15, -0.1) is 11.8 Å². The molecule has 0 saturated carbocycles. The molecule has 68 valence electrons. The third-order valence-electron chi connectivity index (χ3n) is 1.64. The number of allylic oxidation sites excluding steroid dienone is 2. The van der Waals surface area contributed by atoms with Gasteiger partial charge in [0.25, 0.3) is 0 Å². The fourth-order valence-electron chi connectivity index (χ4n) is 0.776. The molecular formula is C9H16N2S. The van der Waals surface area contributed by atoms with Gasteiger partial charge in [0.05, 0.1) is 12.5 Å². The van der Waals surface area contributed by atoms with Crippen LogP contribution in [0.1, 0.15) is 26.7 Å². The van der Waals surface area contributed by atoms with E-state index in [-0.39, 0.29) is 0 Å². The average molecular weight is 184 g/mol. The normalized spacial score (nSPS) is 12.2. The molecular weight excluding hydrogens is 168 g/mol. The molecule has 0 spiro atoms. The van der Waals surface area contributed by atoms with Gasteiger partial charge in [0.15, 0.2) is 0 Å². The Morgan fingerprint density at radius 1 is 1.58 bits per heavy atom. The first-order chi connectivity index (χ1) is 5.76. The van der Waals surface area contributed by atoms with Gasteiger partial charge in [0.2, 0.25) is 0 Å². The molecule has 0 aromatic rings. The summed E-state index contributed by atoms with van der Waals surface area (Å²) in [6.45, 7) is 4.86. The summed E-state index contributed by atoms with van der Waals surface area (Å²) in [6, 6.07) is 2.17.